The second-order valence-electron chi connectivity index (χ2n) is 7.20. The van der Waals surface area contributed by atoms with Crippen LogP contribution in [0.4, 0.5) is 5.69 Å². The highest BCUT2D eigenvalue weighted by atomic mass is 16.2. The molecule has 6 heteroatoms. The molecular formula is C22H29N3O3. The van der Waals surface area contributed by atoms with Crippen molar-refractivity contribution >= 4 is 23.2 Å². The van der Waals surface area contributed by atoms with Gasteiger partial charge in [-0.05, 0) is 58.4 Å². The van der Waals surface area contributed by atoms with Gasteiger partial charge in [-0.3, -0.25) is 19.3 Å². The topological polar surface area (TPSA) is 82.3 Å². The number of likely N-dealkylation sites (N-methyl/N-ethyl adjacent to an activating group) is 1. The van der Waals surface area contributed by atoms with Gasteiger partial charge >= 0.3 is 0 Å². The number of amides is 1. The smallest absolute Gasteiger partial charge is 0.238 e. The van der Waals surface area contributed by atoms with Gasteiger partial charge in [0, 0.05) is 16.9 Å². The standard InChI is InChI=1S/C22H29N3O3/c1-7-17-10-8-9-11-18(17)24-19(27)12-25(6)15(4)22(28)21-13(2)20(16(5)26)14(3)23-21/h8-11,15,23H,7,12H2,1-6H3,(H,24,27)/t15-/m0/s1. The van der Waals surface area contributed by atoms with Crippen LogP contribution in [0.15, 0.2) is 24.3 Å². The van der Waals surface area contributed by atoms with Crippen molar-refractivity contribution in [3.63, 3.8) is 0 Å². The zero-order chi connectivity index (χ0) is 21.0. The number of aryl methyl sites for hydroxylation is 2. The first-order valence-corrected chi connectivity index (χ1v) is 9.49. The maximum absolute atomic E-state index is 12.9. The largest absolute Gasteiger partial charge is 0.355 e. The van der Waals surface area contributed by atoms with E-state index in [1.165, 1.54) is 6.92 Å². The van der Waals surface area contributed by atoms with E-state index >= 15 is 0 Å². The van der Waals surface area contributed by atoms with Crippen LogP contribution in [0, 0.1) is 13.8 Å². The molecule has 28 heavy (non-hydrogen) atoms. The van der Waals surface area contributed by atoms with Gasteiger partial charge in [-0.25, -0.2) is 0 Å². The van der Waals surface area contributed by atoms with E-state index in [0.29, 0.717) is 22.5 Å². The maximum atomic E-state index is 12.9. The van der Waals surface area contributed by atoms with Crippen LogP contribution in [-0.4, -0.2) is 47.0 Å². The van der Waals surface area contributed by atoms with Gasteiger partial charge in [0.2, 0.25) is 5.91 Å². The molecule has 1 aromatic heterocycles. The average molecular weight is 383 g/mol. The monoisotopic (exact) mass is 383 g/mol. The van der Waals surface area contributed by atoms with Crippen molar-refractivity contribution in [2.24, 2.45) is 0 Å². The number of nitrogens with zero attached hydrogens (tertiary/aromatic N) is 1. The zero-order valence-electron chi connectivity index (χ0n) is 17.5. The van der Waals surface area contributed by atoms with Crippen LogP contribution >= 0.6 is 0 Å². The number of H-pyrrole nitrogens is 1. The van der Waals surface area contributed by atoms with E-state index in [4.69, 9.17) is 0 Å². The number of aromatic amines is 1. The van der Waals surface area contributed by atoms with E-state index in [0.717, 1.165) is 17.7 Å². The molecule has 0 spiro atoms. The molecule has 0 fully saturated rings. The molecule has 0 saturated carbocycles. The summed E-state index contributed by atoms with van der Waals surface area (Å²) in [5.41, 5.74) is 4.21. The van der Waals surface area contributed by atoms with Crippen molar-refractivity contribution in [3.8, 4) is 0 Å². The van der Waals surface area contributed by atoms with Crippen molar-refractivity contribution in [2.45, 2.75) is 47.1 Å². The Morgan fingerprint density at radius 2 is 1.82 bits per heavy atom. The number of nitrogens with one attached hydrogen (secondary N) is 2. The van der Waals surface area contributed by atoms with Gasteiger partial charge in [-0.2, -0.15) is 0 Å². The fourth-order valence-corrected chi connectivity index (χ4v) is 3.44. The third-order valence-corrected chi connectivity index (χ3v) is 5.14. The highest BCUT2D eigenvalue weighted by Crippen LogP contribution is 2.21. The number of hydrogen-bond acceptors (Lipinski definition) is 4. The number of benzene rings is 1. The average Bonchev–Trinajstić information content (AvgIpc) is 2.95. The van der Waals surface area contributed by atoms with Crippen LogP contribution in [0.25, 0.3) is 0 Å². The summed E-state index contributed by atoms with van der Waals surface area (Å²) in [7, 11) is 1.74. The Kier molecular flexibility index (Phi) is 6.91. The van der Waals surface area contributed by atoms with E-state index in [9.17, 15) is 14.4 Å². The molecule has 0 unspecified atom stereocenters. The number of para-hydroxylation sites is 1. The highest BCUT2D eigenvalue weighted by molar-refractivity contribution is 6.05. The Bertz CT molecular complexity index is 898. The lowest BCUT2D eigenvalue weighted by atomic mass is 10.0. The molecule has 1 aromatic carbocycles. The molecule has 2 rings (SSSR count). The van der Waals surface area contributed by atoms with Gasteiger partial charge in [-0.1, -0.05) is 25.1 Å². The van der Waals surface area contributed by atoms with Crippen molar-refractivity contribution in [2.75, 3.05) is 18.9 Å². The molecule has 1 atom stereocenters. The number of ketones is 2. The van der Waals surface area contributed by atoms with E-state index < -0.39 is 6.04 Å². The molecule has 0 radical (unpaired) electrons. The van der Waals surface area contributed by atoms with Crippen LogP contribution in [0.1, 0.15) is 58.4 Å². The number of carbonyl (C=O) groups is 3. The summed E-state index contributed by atoms with van der Waals surface area (Å²) in [6, 6.07) is 7.17. The van der Waals surface area contributed by atoms with Gasteiger partial charge in [0.15, 0.2) is 11.6 Å². The zero-order valence-corrected chi connectivity index (χ0v) is 17.5. The summed E-state index contributed by atoms with van der Waals surface area (Å²) in [5.74, 6) is -0.385. The molecule has 1 amide bonds. The van der Waals surface area contributed by atoms with Crippen molar-refractivity contribution in [1.82, 2.24) is 9.88 Å². The predicted molar refractivity (Wildman–Crippen MR) is 111 cm³/mol. The lowest BCUT2D eigenvalue weighted by Gasteiger charge is -2.23. The van der Waals surface area contributed by atoms with Crippen molar-refractivity contribution in [1.29, 1.82) is 0 Å². The van der Waals surface area contributed by atoms with Crippen LogP contribution in [0.2, 0.25) is 0 Å². The lowest BCUT2D eigenvalue weighted by molar-refractivity contribution is -0.117. The number of aromatic nitrogens is 1. The molecular weight excluding hydrogens is 354 g/mol. The predicted octanol–water partition coefficient (Wildman–Crippen LogP) is 3.54. The number of anilines is 1. The highest BCUT2D eigenvalue weighted by Gasteiger charge is 2.26. The third kappa shape index (κ3) is 4.57. The number of Topliss-reactive ketones (excluding diaryl/α,β-unsaturated/α-hetero) is 2. The molecule has 6 nitrogen and oxygen atoms in total. The first-order chi connectivity index (χ1) is 13.2. The first kappa shape index (κ1) is 21.6. The van der Waals surface area contributed by atoms with Crippen molar-refractivity contribution < 1.29 is 14.4 Å². The fraction of sp³-hybridized carbons (Fsp3) is 0.409. The van der Waals surface area contributed by atoms with Gasteiger partial charge in [-0.15, -0.1) is 0 Å². The van der Waals surface area contributed by atoms with Gasteiger partial charge in [0.05, 0.1) is 18.3 Å². The summed E-state index contributed by atoms with van der Waals surface area (Å²) in [4.78, 5) is 41.9. The Labute approximate surface area is 166 Å². The Balaban J connectivity index is 2.09. The minimum Gasteiger partial charge on any atom is -0.355 e. The number of rotatable bonds is 8. The molecule has 0 saturated heterocycles. The summed E-state index contributed by atoms with van der Waals surface area (Å²) >= 11 is 0. The van der Waals surface area contributed by atoms with Crippen LogP contribution in [-0.2, 0) is 11.2 Å². The normalized spacial score (nSPS) is 12.1. The second kappa shape index (κ2) is 8.97. The van der Waals surface area contributed by atoms with Crippen LogP contribution < -0.4 is 5.32 Å². The Morgan fingerprint density at radius 1 is 1.18 bits per heavy atom. The summed E-state index contributed by atoms with van der Waals surface area (Å²) in [5, 5.41) is 2.92. The molecule has 150 valence electrons. The van der Waals surface area contributed by atoms with E-state index in [2.05, 4.69) is 10.3 Å². The van der Waals surface area contributed by atoms with E-state index in [-0.39, 0.29) is 24.0 Å². The Morgan fingerprint density at radius 3 is 2.39 bits per heavy atom. The Hall–Kier alpha value is -2.73. The minimum atomic E-state index is -0.510. The van der Waals surface area contributed by atoms with Gasteiger partial charge < -0.3 is 10.3 Å². The summed E-state index contributed by atoms with van der Waals surface area (Å²) in [6.07, 6.45) is 0.825. The quantitative estimate of drug-likeness (QED) is 0.683. The molecule has 0 aliphatic heterocycles. The maximum Gasteiger partial charge on any atom is 0.238 e. The van der Waals surface area contributed by atoms with Crippen LogP contribution in [0.5, 0.6) is 0 Å². The number of carbonyl (C=O) groups excluding carboxylic acids is 3. The van der Waals surface area contributed by atoms with Gasteiger partial charge in [0.1, 0.15) is 0 Å². The molecule has 2 N–H and O–H groups in total. The van der Waals surface area contributed by atoms with E-state index in [1.54, 1.807) is 32.7 Å². The first-order valence-electron chi connectivity index (χ1n) is 9.49. The summed E-state index contributed by atoms with van der Waals surface area (Å²) in [6.45, 7) is 8.93. The van der Waals surface area contributed by atoms with Crippen molar-refractivity contribution in [3.05, 3.63) is 52.3 Å². The molecule has 0 aliphatic rings. The molecule has 0 aliphatic carbocycles. The van der Waals surface area contributed by atoms with Gasteiger partial charge in [0.25, 0.3) is 0 Å². The minimum absolute atomic E-state index is 0.0692. The fourth-order valence-electron chi connectivity index (χ4n) is 3.44. The third-order valence-electron chi connectivity index (χ3n) is 5.14. The molecule has 0 bridgehead atoms. The summed E-state index contributed by atoms with van der Waals surface area (Å²) < 4.78 is 0. The second-order valence-corrected chi connectivity index (χ2v) is 7.20. The lowest BCUT2D eigenvalue weighted by Crippen LogP contribution is -2.41. The number of hydrogen-bond donors (Lipinski definition) is 2. The molecule has 1 heterocycles. The molecule has 2 aromatic rings. The SMILES string of the molecule is CCc1ccccc1NC(=O)CN(C)[C@@H](C)C(=O)c1[nH]c(C)c(C(C)=O)c1C. The van der Waals surface area contributed by atoms with Crippen LogP contribution in [0.3, 0.4) is 0 Å². The van der Waals surface area contributed by atoms with E-state index in [1.807, 2.05) is 31.2 Å².